The molecule has 0 saturated heterocycles. The standard InChI is InChI=1S/C24H27Cl3F2O5/c1-11-7-13-14-8-22(28,29)19-18(26)15(31)5-6-20(19,3)23(14,27)16(25)9-21(13,4)24(11,33)17(32)10-34-12(2)30/h5-6,11,13-14,16,33H,7-10H2,1-4H3/t11?,13-,14-,16?,20-,21-,23-,24-/m0/s1. The van der Waals surface area contributed by atoms with Gasteiger partial charge in [0.1, 0.15) is 5.60 Å². The van der Waals surface area contributed by atoms with Crippen molar-refractivity contribution < 1.29 is 33.0 Å². The number of alkyl halides is 4. The number of esters is 1. The molecule has 1 N–H and O–H groups in total. The fraction of sp³-hybridized carbons (Fsp3) is 0.708. The van der Waals surface area contributed by atoms with Gasteiger partial charge in [-0.05, 0) is 36.7 Å². The van der Waals surface area contributed by atoms with Crippen molar-refractivity contribution in [3.63, 3.8) is 0 Å². The Morgan fingerprint density at radius 2 is 1.85 bits per heavy atom. The lowest BCUT2D eigenvalue weighted by Crippen LogP contribution is -2.70. The Morgan fingerprint density at radius 3 is 2.44 bits per heavy atom. The molecule has 0 amide bonds. The predicted octanol–water partition coefficient (Wildman–Crippen LogP) is 4.79. The number of halogens is 5. The number of rotatable bonds is 3. The summed E-state index contributed by atoms with van der Waals surface area (Å²) < 4.78 is 36.3. The monoisotopic (exact) mass is 538 g/mol. The van der Waals surface area contributed by atoms with E-state index in [1.807, 2.05) is 0 Å². The zero-order valence-electron chi connectivity index (χ0n) is 19.3. The molecule has 34 heavy (non-hydrogen) atoms. The summed E-state index contributed by atoms with van der Waals surface area (Å²) >= 11 is 20.3. The molecule has 8 atom stereocenters. The molecule has 0 bridgehead atoms. The van der Waals surface area contributed by atoms with Crippen LogP contribution in [0.3, 0.4) is 0 Å². The molecular formula is C24H27Cl3F2O5. The molecule has 0 aromatic heterocycles. The highest BCUT2D eigenvalue weighted by molar-refractivity contribution is 6.45. The van der Waals surface area contributed by atoms with Crippen LogP contribution in [0.15, 0.2) is 22.8 Å². The van der Waals surface area contributed by atoms with Gasteiger partial charge in [0.15, 0.2) is 12.4 Å². The minimum atomic E-state index is -3.45. The third-order valence-electron chi connectivity index (χ3n) is 9.09. The van der Waals surface area contributed by atoms with Crippen molar-refractivity contribution in [3.8, 4) is 0 Å². The van der Waals surface area contributed by atoms with Crippen LogP contribution in [-0.4, -0.2) is 51.0 Å². The molecule has 0 aliphatic heterocycles. The van der Waals surface area contributed by atoms with E-state index in [1.54, 1.807) is 13.8 Å². The average Bonchev–Trinajstić information content (AvgIpc) is 2.93. The first-order valence-corrected chi connectivity index (χ1v) is 12.4. The summed E-state index contributed by atoms with van der Waals surface area (Å²) in [6.45, 7) is 5.41. The van der Waals surface area contributed by atoms with Gasteiger partial charge in [-0.2, -0.15) is 0 Å². The molecule has 5 nitrogen and oxygen atoms in total. The summed E-state index contributed by atoms with van der Waals surface area (Å²) in [6.07, 6.45) is 2.12. The lowest BCUT2D eigenvalue weighted by Gasteiger charge is -2.65. The van der Waals surface area contributed by atoms with Gasteiger partial charge in [0.05, 0.1) is 15.3 Å². The summed E-state index contributed by atoms with van der Waals surface area (Å²) in [4.78, 5) is 35.2. The second kappa shape index (κ2) is 7.74. The molecule has 4 rings (SSSR count). The maximum absolute atomic E-state index is 15.7. The Bertz CT molecular complexity index is 1040. The summed E-state index contributed by atoms with van der Waals surface area (Å²) in [5.74, 6) is -7.62. The Balaban J connectivity index is 1.85. The zero-order valence-corrected chi connectivity index (χ0v) is 21.5. The van der Waals surface area contributed by atoms with Crippen LogP contribution in [0.25, 0.3) is 0 Å². The molecule has 2 unspecified atom stereocenters. The van der Waals surface area contributed by atoms with Crippen molar-refractivity contribution in [2.45, 2.75) is 68.7 Å². The minimum Gasteiger partial charge on any atom is -0.458 e. The highest BCUT2D eigenvalue weighted by Crippen LogP contribution is 2.74. The first-order chi connectivity index (χ1) is 15.5. The fourth-order valence-corrected chi connectivity index (χ4v) is 9.05. The Hall–Kier alpha value is -1.02. The molecule has 0 spiro atoms. The maximum Gasteiger partial charge on any atom is 0.303 e. The first-order valence-electron chi connectivity index (χ1n) is 11.2. The van der Waals surface area contributed by atoms with E-state index in [4.69, 9.17) is 39.5 Å². The van der Waals surface area contributed by atoms with Crippen LogP contribution in [0.1, 0.15) is 47.0 Å². The van der Waals surface area contributed by atoms with Gasteiger partial charge in [-0.1, -0.05) is 38.4 Å². The van der Waals surface area contributed by atoms with Crippen molar-refractivity contribution in [2.24, 2.45) is 28.6 Å². The van der Waals surface area contributed by atoms with E-state index in [9.17, 15) is 19.5 Å². The lowest BCUT2D eigenvalue weighted by molar-refractivity contribution is -0.175. The van der Waals surface area contributed by atoms with Crippen LogP contribution in [0.2, 0.25) is 0 Å². The molecular weight excluding hydrogens is 513 g/mol. The summed E-state index contributed by atoms with van der Waals surface area (Å²) in [5, 5.41) is 10.3. The number of ketones is 2. The van der Waals surface area contributed by atoms with Gasteiger partial charge in [-0.15, -0.1) is 23.2 Å². The van der Waals surface area contributed by atoms with E-state index in [0.29, 0.717) is 0 Å². The van der Waals surface area contributed by atoms with Crippen molar-refractivity contribution in [3.05, 3.63) is 22.8 Å². The van der Waals surface area contributed by atoms with Crippen LogP contribution in [0, 0.1) is 28.6 Å². The van der Waals surface area contributed by atoms with Gasteiger partial charge in [-0.3, -0.25) is 14.4 Å². The SMILES string of the molecule is CC(=O)OCC(=O)[C@@]1(O)C(C)C[C@H]2[C@@H]3CC(F)(F)C4=C(Cl)C(=O)C=C[C@]4(C)[C@@]3(Cl)C(Cl)C[C@@]21C. The van der Waals surface area contributed by atoms with E-state index in [-0.39, 0.29) is 12.8 Å². The summed E-state index contributed by atoms with van der Waals surface area (Å²) in [6, 6.07) is 0. The topological polar surface area (TPSA) is 80.7 Å². The molecule has 188 valence electrons. The second-order valence-electron chi connectivity index (χ2n) is 10.7. The van der Waals surface area contributed by atoms with Gasteiger partial charge in [0.2, 0.25) is 5.78 Å². The zero-order chi connectivity index (χ0) is 25.6. The number of aliphatic hydroxyl groups is 1. The van der Waals surface area contributed by atoms with Crippen LogP contribution < -0.4 is 0 Å². The summed E-state index contributed by atoms with van der Waals surface area (Å²) in [5.41, 5.74) is -5.18. The largest absolute Gasteiger partial charge is 0.458 e. The number of Topliss-reactive ketones (excluding diaryl/α,β-unsaturated/α-hetero) is 1. The Morgan fingerprint density at radius 1 is 1.24 bits per heavy atom. The van der Waals surface area contributed by atoms with Crippen molar-refractivity contribution >= 4 is 52.3 Å². The van der Waals surface area contributed by atoms with E-state index in [2.05, 4.69) is 0 Å². The van der Waals surface area contributed by atoms with Crippen LogP contribution in [-0.2, 0) is 19.1 Å². The number of carbonyl (C=O) groups is 3. The normalized spacial score (nSPS) is 47.1. The summed E-state index contributed by atoms with van der Waals surface area (Å²) in [7, 11) is 0. The maximum atomic E-state index is 15.7. The molecule has 0 radical (unpaired) electrons. The van der Waals surface area contributed by atoms with Crippen molar-refractivity contribution in [2.75, 3.05) is 6.61 Å². The van der Waals surface area contributed by atoms with E-state index in [1.165, 1.54) is 13.0 Å². The quantitative estimate of drug-likeness (QED) is 0.412. The van der Waals surface area contributed by atoms with Crippen LogP contribution >= 0.6 is 34.8 Å². The number of allylic oxidation sites excluding steroid dienone is 4. The molecule has 0 aromatic rings. The Labute approximate surface area is 211 Å². The highest BCUT2D eigenvalue weighted by atomic mass is 35.5. The predicted molar refractivity (Wildman–Crippen MR) is 123 cm³/mol. The van der Waals surface area contributed by atoms with Gasteiger partial charge in [0.25, 0.3) is 5.92 Å². The second-order valence-corrected chi connectivity index (χ2v) is 12.2. The minimum absolute atomic E-state index is 0.0553. The van der Waals surface area contributed by atoms with E-state index in [0.717, 1.165) is 13.0 Å². The van der Waals surface area contributed by atoms with Gasteiger partial charge < -0.3 is 9.84 Å². The van der Waals surface area contributed by atoms with Crippen LogP contribution in [0.5, 0.6) is 0 Å². The number of ether oxygens (including phenoxy) is 1. The fourth-order valence-electron chi connectivity index (χ4n) is 7.48. The molecule has 10 heteroatoms. The van der Waals surface area contributed by atoms with Gasteiger partial charge in [0, 0.05) is 29.7 Å². The Kier molecular flexibility index (Phi) is 5.93. The molecule has 4 aliphatic carbocycles. The average molecular weight is 540 g/mol. The third kappa shape index (κ3) is 3.02. The van der Waals surface area contributed by atoms with Gasteiger partial charge >= 0.3 is 5.97 Å². The number of fused-ring (bicyclic) bond motifs is 5. The molecule has 3 saturated carbocycles. The third-order valence-corrected chi connectivity index (χ3v) is 11.0. The number of hydrogen-bond acceptors (Lipinski definition) is 5. The number of hydrogen-bond donors (Lipinski definition) is 1. The molecule has 4 aliphatic rings. The van der Waals surface area contributed by atoms with E-state index >= 15 is 8.78 Å². The van der Waals surface area contributed by atoms with Crippen molar-refractivity contribution in [1.29, 1.82) is 0 Å². The van der Waals surface area contributed by atoms with E-state index < -0.39 is 91.5 Å². The smallest absolute Gasteiger partial charge is 0.303 e. The first kappa shape index (κ1) is 26.1. The highest BCUT2D eigenvalue weighted by Gasteiger charge is 2.77. The van der Waals surface area contributed by atoms with Crippen LogP contribution in [0.4, 0.5) is 8.78 Å². The molecule has 0 aromatic carbocycles. The lowest BCUT2D eigenvalue weighted by atomic mass is 9.45. The van der Waals surface area contributed by atoms with Crippen molar-refractivity contribution in [1.82, 2.24) is 0 Å². The van der Waals surface area contributed by atoms with Gasteiger partial charge in [-0.25, -0.2) is 8.78 Å². The number of carbonyl (C=O) groups excluding carboxylic acids is 3. The molecule has 3 fully saturated rings. The molecule has 0 heterocycles.